The van der Waals surface area contributed by atoms with Gasteiger partial charge in [-0.2, -0.15) is 0 Å². The first-order valence-electron chi connectivity index (χ1n) is 7.49. The molecule has 3 rings (SSSR count). The van der Waals surface area contributed by atoms with Crippen molar-refractivity contribution in [2.45, 2.75) is 52.2 Å². The Bertz CT molecular complexity index is 455. The van der Waals surface area contributed by atoms with Gasteiger partial charge in [-0.15, -0.1) is 0 Å². The van der Waals surface area contributed by atoms with Gasteiger partial charge >= 0.3 is 0 Å². The molecule has 0 spiro atoms. The van der Waals surface area contributed by atoms with Crippen LogP contribution in [0.1, 0.15) is 44.7 Å². The lowest BCUT2D eigenvalue weighted by molar-refractivity contribution is 0.0556. The second-order valence-corrected chi connectivity index (χ2v) is 7.38. The Morgan fingerprint density at radius 1 is 1.21 bits per heavy atom. The van der Waals surface area contributed by atoms with Gasteiger partial charge in [-0.05, 0) is 35.3 Å². The fourth-order valence-corrected chi connectivity index (χ4v) is 4.57. The molecule has 1 aromatic carbocycles. The molecule has 1 fully saturated rings. The lowest BCUT2D eigenvalue weighted by Gasteiger charge is -2.42. The first-order chi connectivity index (χ1) is 8.97. The number of nitrogens with zero attached hydrogens (tertiary/aromatic N) is 1. The van der Waals surface area contributed by atoms with Crippen molar-refractivity contribution in [3.63, 3.8) is 0 Å². The van der Waals surface area contributed by atoms with Crippen molar-refractivity contribution in [3.8, 4) is 0 Å². The maximum absolute atomic E-state index is 6.25. The molecule has 0 radical (unpaired) electrons. The summed E-state index contributed by atoms with van der Waals surface area (Å²) in [6.45, 7) is 10.1. The number of rotatable bonds is 2. The second kappa shape index (κ2) is 4.32. The molecule has 19 heavy (non-hydrogen) atoms. The van der Waals surface area contributed by atoms with E-state index in [-0.39, 0.29) is 5.54 Å². The largest absolute Gasteiger partial charge is 0.329 e. The van der Waals surface area contributed by atoms with E-state index in [4.69, 9.17) is 5.73 Å². The van der Waals surface area contributed by atoms with E-state index in [1.165, 1.54) is 24.0 Å². The summed E-state index contributed by atoms with van der Waals surface area (Å²) in [4.78, 5) is 2.65. The van der Waals surface area contributed by atoms with Gasteiger partial charge in [-0.1, -0.05) is 45.0 Å². The maximum Gasteiger partial charge on any atom is 0.0369 e. The zero-order valence-electron chi connectivity index (χ0n) is 12.4. The summed E-state index contributed by atoms with van der Waals surface area (Å²) in [7, 11) is 0. The van der Waals surface area contributed by atoms with Crippen molar-refractivity contribution in [2.75, 3.05) is 6.54 Å². The molecule has 1 aromatic rings. The Morgan fingerprint density at radius 3 is 2.21 bits per heavy atom. The van der Waals surface area contributed by atoms with Gasteiger partial charge in [0.05, 0.1) is 0 Å². The monoisotopic (exact) mass is 258 g/mol. The molecule has 2 aliphatic rings. The van der Waals surface area contributed by atoms with E-state index in [0.717, 1.165) is 19.6 Å². The van der Waals surface area contributed by atoms with Crippen LogP contribution < -0.4 is 5.73 Å². The van der Waals surface area contributed by atoms with Crippen molar-refractivity contribution in [3.05, 3.63) is 35.4 Å². The molecule has 0 bridgehead atoms. The van der Waals surface area contributed by atoms with E-state index in [9.17, 15) is 0 Å². The van der Waals surface area contributed by atoms with Gasteiger partial charge in [0.25, 0.3) is 0 Å². The highest BCUT2D eigenvalue weighted by Crippen LogP contribution is 2.51. The van der Waals surface area contributed by atoms with Gasteiger partial charge in [0, 0.05) is 25.2 Å². The zero-order valence-corrected chi connectivity index (χ0v) is 12.4. The Hall–Kier alpha value is -0.860. The number of benzene rings is 1. The summed E-state index contributed by atoms with van der Waals surface area (Å²) in [5, 5.41) is 0. The molecular weight excluding hydrogens is 232 g/mol. The SMILES string of the molecule is CC1CC(C)(C)CC1(CN)N1Cc2ccccc2C1. The van der Waals surface area contributed by atoms with Gasteiger partial charge in [0.15, 0.2) is 0 Å². The summed E-state index contributed by atoms with van der Waals surface area (Å²) in [6, 6.07) is 8.84. The third kappa shape index (κ3) is 2.02. The van der Waals surface area contributed by atoms with Crippen LogP contribution in [0.4, 0.5) is 0 Å². The quantitative estimate of drug-likeness (QED) is 0.883. The minimum absolute atomic E-state index is 0.197. The lowest BCUT2D eigenvalue weighted by Crippen LogP contribution is -2.53. The lowest BCUT2D eigenvalue weighted by atomic mass is 9.85. The van der Waals surface area contributed by atoms with E-state index in [1.807, 2.05) is 0 Å². The Balaban J connectivity index is 1.90. The first-order valence-corrected chi connectivity index (χ1v) is 7.49. The highest BCUT2D eigenvalue weighted by molar-refractivity contribution is 5.31. The number of nitrogens with two attached hydrogens (primary N) is 1. The van der Waals surface area contributed by atoms with Crippen LogP contribution >= 0.6 is 0 Å². The minimum atomic E-state index is 0.197. The first kappa shape index (κ1) is 13.1. The van der Waals surface area contributed by atoms with Crippen LogP contribution in [0, 0.1) is 11.3 Å². The van der Waals surface area contributed by atoms with Crippen molar-refractivity contribution >= 4 is 0 Å². The number of hydrogen-bond acceptors (Lipinski definition) is 2. The van der Waals surface area contributed by atoms with E-state index in [0.29, 0.717) is 11.3 Å². The standard InChI is InChI=1S/C17H26N2/c1-13-8-16(2,3)11-17(13,12-18)19-9-14-6-4-5-7-15(14)10-19/h4-7,13H,8-12,18H2,1-3H3. The molecule has 1 aliphatic heterocycles. The number of hydrogen-bond donors (Lipinski definition) is 1. The van der Waals surface area contributed by atoms with Gasteiger partial charge in [0.1, 0.15) is 0 Å². The van der Waals surface area contributed by atoms with Gasteiger partial charge < -0.3 is 5.73 Å². The van der Waals surface area contributed by atoms with Gasteiger partial charge in [-0.3, -0.25) is 4.90 Å². The highest BCUT2D eigenvalue weighted by Gasteiger charge is 2.51. The van der Waals surface area contributed by atoms with E-state index in [1.54, 1.807) is 0 Å². The Labute approximate surface area is 117 Å². The predicted molar refractivity (Wildman–Crippen MR) is 79.7 cm³/mol. The fourth-order valence-electron chi connectivity index (χ4n) is 4.57. The molecular formula is C17H26N2. The van der Waals surface area contributed by atoms with Crippen molar-refractivity contribution < 1.29 is 0 Å². The van der Waals surface area contributed by atoms with E-state index < -0.39 is 0 Å². The molecule has 104 valence electrons. The molecule has 2 unspecified atom stereocenters. The van der Waals surface area contributed by atoms with Gasteiger partial charge in [0.2, 0.25) is 0 Å². The maximum atomic E-state index is 6.25. The molecule has 2 heteroatoms. The summed E-state index contributed by atoms with van der Waals surface area (Å²) in [5.41, 5.74) is 9.86. The average Bonchev–Trinajstić information content (AvgIpc) is 2.88. The summed E-state index contributed by atoms with van der Waals surface area (Å²) >= 11 is 0. The summed E-state index contributed by atoms with van der Waals surface area (Å²) in [5.74, 6) is 0.682. The normalized spacial score (nSPS) is 33.6. The van der Waals surface area contributed by atoms with Crippen LogP contribution in [-0.4, -0.2) is 17.0 Å². The topological polar surface area (TPSA) is 29.3 Å². The minimum Gasteiger partial charge on any atom is -0.329 e. The third-order valence-electron chi connectivity index (χ3n) is 5.38. The highest BCUT2D eigenvalue weighted by atomic mass is 15.2. The Kier molecular flexibility index (Phi) is 2.99. The summed E-state index contributed by atoms with van der Waals surface area (Å²) in [6.07, 6.45) is 2.52. The second-order valence-electron chi connectivity index (χ2n) is 7.38. The molecule has 1 heterocycles. The molecule has 1 saturated carbocycles. The molecule has 0 saturated heterocycles. The fraction of sp³-hybridized carbons (Fsp3) is 0.647. The number of fused-ring (bicyclic) bond motifs is 1. The zero-order chi connectivity index (χ0) is 13.7. The van der Waals surface area contributed by atoms with Crippen LogP contribution in [0.3, 0.4) is 0 Å². The molecule has 1 aliphatic carbocycles. The predicted octanol–water partition coefficient (Wildman–Crippen LogP) is 3.16. The summed E-state index contributed by atoms with van der Waals surface area (Å²) < 4.78 is 0. The van der Waals surface area contributed by atoms with Crippen molar-refractivity contribution in [2.24, 2.45) is 17.1 Å². The Morgan fingerprint density at radius 2 is 1.79 bits per heavy atom. The van der Waals surface area contributed by atoms with Crippen molar-refractivity contribution in [1.82, 2.24) is 4.90 Å². The van der Waals surface area contributed by atoms with Crippen LogP contribution in [0.5, 0.6) is 0 Å². The smallest absolute Gasteiger partial charge is 0.0369 e. The molecule has 0 amide bonds. The van der Waals surface area contributed by atoms with Crippen LogP contribution in [0.15, 0.2) is 24.3 Å². The van der Waals surface area contributed by atoms with Gasteiger partial charge in [-0.25, -0.2) is 0 Å². The van der Waals surface area contributed by atoms with Crippen LogP contribution in [-0.2, 0) is 13.1 Å². The molecule has 0 aromatic heterocycles. The van der Waals surface area contributed by atoms with Crippen molar-refractivity contribution in [1.29, 1.82) is 0 Å². The third-order valence-corrected chi connectivity index (χ3v) is 5.38. The van der Waals surface area contributed by atoms with E-state index in [2.05, 4.69) is 49.9 Å². The molecule has 2 N–H and O–H groups in total. The van der Waals surface area contributed by atoms with Crippen LogP contribution in [0.25, 0.3) is 0 Å². The average molecular weight is 258 g/mol. The molecule has 2 atom stereocenters. The van der Waals surface area contributed by atoms with E-state index >= 15 is 0 Å². The molecule has 2 nitrogen and oxygen atoms in total. The van der Waals surface area contributed by atoms with Crippen LogP contribution in [0.2, 0.25) is 0 Å².